The van der Waals surface area contributed by atoms with Gasteiger partial charge in [-0.05, 0) is 43.0 Å². The Morgan fingerprint density at radius 1 is 1.08 bits per heavy atom. The molecule has 5 rings (SSSR count). The van der Waals surface area contributed by atoms with Crippen LogP contribution in [-0.4, -0.2) is 52.0 Å². The fourth-order valence-electron chi connectivity index (χ4n) is 5.46. The Kier molecular flexibility index (Phi) is 8.07. The van der Waals surface area contributed by atoms with E-state index in [2.05, 4.69) is 25.7 Å². The predicted octanol–water partition coefficient (Wildman–Crippen LogP) is 4.08. The summed E-state index contributed by atoms with van der Waals surface area (Å²) in [4.78, 5) is 32.9. The summed E-state index contributed by atoms with van der Waals surface area (Å²) in [5, 5.41) is 9.76. The van der Waals surface area contributed by atoms with Crippen LogP contribution in [0.1, 0.15) is 54.6 Å². The molecular formula is C28H31F2N5O3. The molecule has 2 amide bonds. The van der Waals surface area contributed by atoms with Gasteiger partial charge in [0, 0.05) is 56.2 Å². The summed E-state index contributed by atoms with van der Waals surface area (Å²) in [5.74, 6) is -2.60. The van der Waals surface area contributed by atoms with Crippen LogP contribution in [0.2, 0.25) is 0 Å². The summed E-state index contributed by atoms with van der Waals surface area (Å²) in [6.45, 7) is 1.69. The number of aromatic nitrogens is 2. The van der Waals surface area contributed by atoms with Gasteiger partial charge in [-0.2, -0.15) is 0 Å². The lowest BCUT2D eigenvalue weighted by Gasteiger charge is -2.43. The Balaban J connectivity index is 1.29. The van der Waals surface area contributed by atoms with E-state index in [1.807, 2.05) is 12.1 Å². The molecule has 8 nitrogen and oxygen atoms in total. The van der Waals surface area contributed by atoms with Gasteiger partial charge in [0.05, 0.1) is 11.5 Å². The van der Waals surface area contributed by atoms with Gasteiger partial charge in [0.25, 0.3) is 5.91 Å². The Morgan fingerprint density at radius 3 is 2.68 bits per heavy atom. The summed E-state index contributed by atoms with van der Waals surface area (Å²) in [6, 6.07) is 8.17. The first-order chi connectivity index (χ1) is 18.5. The third-order valence-corrected chi connectivity index (χ3v) is 7.52. The zero-order valence-corrected chi connectivity index (χ0v) is 21.0. The van der Waals surface area contributed by atoms with Gasteiger partial charge in [0.15, 0.2) is 11.5 Å². The number of hydrogen-bond donors (Lipinski definition) is 2. The van der Waals surface area contributed by atoms with Crippen LogP contribution in [0.5, 0.6) is 0 Å². The molecule has 2 atom stereocenters. The Labute approximate surface area is 219 Å². The van der Waals surface area contributed by atoms with E-state index in [4.69, 9.17) is 4.52 Å². The molecule has 2 aliphatic rings. The molecule has 1 saturated carbocycles. The van der Waals surface area contributed by atoms with Gasteiger partial charge in [-0.1, -0.05) is 30.5 Å². The van der Waals surface area contributed by atoms with Gasteiger partial charge in [-0.15, -0.1) is 0 Å². The lowest BCUT2D eigenvalue weighted by Crippen LogP contribution is -2.57. The average molecular weight is 524 g/mol. The lowest BCUT2D eigenvalue weighted by atomic mass is 9.87. The van der Waals surface area contributed by atoms with Crippen LogP contribution >= 0.6 is 0 Å². The molecule has 1 aliphatic heterocycles. The Morgan fingerprint density at radius 2 is 1.92 bits per heavy atom. The Bertz CT molecular complexity index is 1260. The molecular weight excluding hydrogens is 492 g/mol. The van der Waals surface area contributed by atoms with Crippen LogP contribution in [0.25, 0.3) is 11.3 Å². The molecule has 0 unspecified atom stereocenters. The fraction of sp³-hybridized carbons (Fsp3) is 0.429. The Hall–Kier alpha value is -3.66. The summed E-state index contributed by atoms with van der Waals surface area (Å²) in [7, 11) is 0. The number of hydrogen-bond acceptors (Lipinski definition) is 6. The number of piperidine rings is 1. The number of nitrogens with one attached hydrogen (secondary N) is 2. The van der Waals surface area contributed by atoms with E-state index in [0.717, 1.165) is 37.1 Å². The number of amides is 2. The molecule has 1 aliphatic carbocycles. The van der Waals surface area contributed by atoms with E-state index in [1.165, 1.54) is 31.4 Å². The van der Waals surface area contributed by atoms with E-state index in [1.54, 1.807) is 12.4 Å². The predicted molar refractivity (Wildman–Crippen MR) is 136 cm³/mol. The van der Waals surface area contributed by atoms with Crippen LogP contribution in [-0.2, 0) is 11.3 Å². The first-order valence-electron chi connectivity index (χ1n) is 13.1. The summed E-state index contributed by atoms with van der Waals surface area (Å²) >= 11 is 0. The van der Waals surface area contributed by atoms with E-state index in [0.29, 0.717) is 25.6 Å². The number of likely N-dealkylation sites (tertiary alicyclic amines) is 1. The molecule has 38 heavy (non-hydrogen) atoms. The zero-order chi connectivity index (χ0) is 26.5. The van der Waals surface area contributed by atoms with Gasteiger partial charge < -0.3 is 15.2 Å². The molecule has 10 heteroatoms. The lowest BCUT2D eigenvalue weighted by molar-refractivity contribution is -0.128. The number of nitrogens with zero attached hydrogens (tertiary/aromatic N) is 3. The second kappa shape index (κ2) is 11.8. The molecule has 200 valence electrons. The minimum Gasteiger partial charge on any atom is -0.355 e. The molecule has 3 aromatic rings. The molecule has 0 radical (unpaired) electrons. The van der Waals surface area contributed by atoms with Gasteiger partial charge in [-0.3, -0.25) is 19.5 Å². The van der Waals surface area contributed by atoms with Crippen molar-refractivity contribution >= 4 is 11.8 Å². The highest BCUT2D eigenvalue weighted by Gasteiger charge is 2.38. The van der Waals surface area contributed by atoms with E-state index in [-0.39, 0.29) is 22.9 Å². The van der Waals surface area contributed by atoms with E-state index >= 15 is 0 Å². The third-order valence-electron chi connectivity index (χ3n) is 7.52. The second-order valence-corrected chi connectivity index (χ2v) is 10.0. The molecule has 1 aromatic carbocycles. The van der Waals surface area contributed by atoms with Crippen molar-refractivity contribution in [2.45, 2.75) is 57.2 Å². The van der Waals surface area contributed by atoms with Gasteiger partial charge in [0.2, 0.25) is 5.91 Å². The largest absolute Gasteiger partial charge is 0.355 e. The quantitative estimate of drug-likeness (QED) is 0.484. The van der Waals surface area contributed by atoms with Crippen molar-refractivity contribution in [2.24, 2.45) is 5.92 Å². The number of benzene rings is 1. The number of halogens is 2. The van der Waals surface area contributed by atoms with Crippen molar-refractivity contribution in [3.63, 3.8) is 0 Å². The smallest absolute Gasteiger partial charge is 0.273 e. The number of pyridine rings is 1. The fourth-order valence-corrected chi connectivity index (χ4v) is 5.46. The van der Waals surface area contributed by atoms with Gasteiger partial charge >= 0.3 is 0 Å². The van der Waals surface area contributed by atoms with Crippen LogP contribution < -0.4 is 10.6 Å². The standard InChI is InChI=1S/C28H31F2N5O3/c29-19-8-9-21(23(30)13-19)26-14-25(34-38-26)28(37)33-24-10-12-35(20-6-2-1-3-7-20)17-22(24)27(36)32-16-18-5-4-11-31-15-18/h4-5,8-9,11,13-15,20,22,24H,1-3,6-7,10,12,16-17H2,(H,32,36)(H,33,37)/t22-,24-/m1/s1. The van der Waals surface area contributed by atoms with Crippen molar-refractivity contribution < 1.29 is 22.9 Å². The molecule has 2 aromatic heterocycles. The van der Waals surface area contributed by atoms with Crippen LogP contribution in [0, 0.1) is 17.6 Å². The molecule has 1 saturated heterocycles. The average Bonchev–Trinajstić information content (AvgIpc) is 3.43. The minimum atomic E-state index is -0.812. The van der Waals surface area contributed by atoms with Crippen LogP contribution in [0.4, 0.5) is 8.78 Å². The van der Waals surface area contributed by atoms with Crippen molar-refractivity contribution in [1.82, 2.24) is 25.7 Å². The first-order valence-corrected chi connectivity index (χ1v) is 13.1. The van der Waals surface area contributed by atoms with Gasteiger partial charge in [0.1, 0.15) is 11.6 Å². The zero-order valence-electron chi connectivity index (χ0n) is 21.0. The highest BCUT2D eigenvalue weighted by Crippen LogP contribution is 2.28. The van der Waals surface area contributed by atoms with Crippen molar-refractivity contribution in [2.75, 3.05) is 13.1 Å². The van der Waals surface area contributed by atoms with Crippen molar-refractivity contribution in [1.29, 1.82) is 0 Å². The van der Waals surface area contributed by atoms with E-state index in [9.17, 15) is 18.4 Å². The maximum atomic E-state index is 14.2. The van der Waals surface area contributed by atoms with Gasteiger partial charge in [-0.25, -0.2) is 8.78 Å². The van der Waals surface area contributed by atoms with Crippen molar-refractivity contribution in [3.05, 3.63) is 71.7 Å². The topological polar surface area (TPSA) is 100 Å². The highest BCUT2D eigenvalue weighted by atomic mass is 19.1. The third kappa shape index (κ3) is 6.07. The number of rotatable bonds is 7. The molecule has 2 N–H and O–H groups in total. The van der Waals surface area contributed by atoms with Crippen LogP contribution in [0.3, 0.4) is 0 Å². The summed E-state index contributed by atoms with van der Waals surface area (Å²) in [5.41, 5.74) is 0.865. The molecule has 0 bridgehead atoms. The monoisotopic (exact) mass is 523 g/mol. The second-order valence-electron chi connectivity index (χ2n) is 10.0. The van der Waals surface area contributed by atoms with Crippen molar-refractivity contribution in [3.8, 4) is 11.3 Å². The molecule has 0 spiro atoms. The first kappa shape index (κ1) is 26.0. The SMILES string of the molecule is O=C(N[C@@H]1CCN(C2CCCCC2)C[C@H]1C(=O)NCc1cccnc1)c1cc(-c2ccc(F)cc2F)on1. The highest BCUT2D eigenvalue weighted by molar-refractivity contribution is 5.94. The number of carbonyl (C=O) groups excluding carboxylic acids is 2. The summed E-state index contributed by atoms with van der Waals surface area (Å²) in [6.07, 6.45) is 9.90. The molecule has 3 heterocycles. The number of carbonyl (C=O) groups is 2. The normalized spacial score (nSPS) is 20.7. The minimum absolute atomic E-state index is 0.00592. The maximum Gasteiger partial charge on any atom is 0.273 e. The molecule has 2 fully saturated rings. The van der Waals surface area contributed by atoms with Crippen LogP contribution in [0.15, 0.2) is 53.3 Å². The summed E-state index contributed by atoms with van der Waals surface area (Å²) < 4.78 is 32.6. The maximum absolute atomic E-state index is 14.2. The van der Waals surface area contributed by atoms with E-state index < -0.39 is 29.5 Å².